The van der Waals surface area contributed by atoms with E-state index in [1.54, 1.807) is 4.31 Å². The van der Waals surface area contributed by atoms with Crippen LogP contribution in [0.3, 0.4) is 0 Å². The Kier molecular flexibility index (Phi) is 4.55. The zero-order valence-corrected chi connectivity index (χ0v) is 12.7. The summed E-state index contributed by atoms with van der Waals surface area (Å²) >= 11 is 0. The van der Waals surface area contributed by atoms with Gasteiger partial charge in [0.1, 0.15) is 0 Å². The summed E-state index contributed by atoms with van der Waals surface area (Å²) in [4.78, 5) is 0. The van der Waals surface area contributed by atoms with E-state index in [4.69, 9.17) is 5.11 Å². The van der Waals surface area contributed by atoms with Gasteiger partial charge in [-0.2, -0.15) is 12.7 Å². The number of nitrogens with one attached hydrogen (secondary N) is 1. The van der Waals surface area contributed by atoms with Crippen LogP contribution in [0, 0.1) is 17.3 Å². The van der Waals surface area contributed by atoms with E-state index in [2.05, 4.69) is 18.6 Å². The molecule has 19 heavy (non-hydrogen) atoms. The minimum atomic E-state index is -3.36. The van der Waals surface area contributed by atoms with Crippen LogP contribution in [0.5, 0.6) is 0 Å². The van der Waals surface area contributed by atoms with Gasteiger partial charge in [0, 0.05) is 26.2 Å². The third-order valence-corrected chi connectivity index (χ3v) is 5.89. The number of piperidine rings is 1. The Balaban J connectivity index is 1.91. The number of rotatable bonds is 6. The summed E-state index contributed by atoms with van der Waals surface area (Å²) in [5.74, 6) is 0.848. The van der Waals surface area contributed by atoms with Crippen LogP contribution in [0.25, 0.3) is 0 Å². The molecule has 1 aliphatic heterocycles. The molecule has 1 aliphatic carbocycles. The standard InChI is InChI=1S/C13H26N2O3S/c1-11-7-12(2)9-15(8-11)19(17,18)14-10-13(3-4-13)5-6-16/h11-12,14,16H,3-10H2,1-2H3. The molecule has 1 saturated heterocycles. The molecule has 1 heterocycles. The molecular weight excluding hydrogens is 264 g/mol. The Labute approximate surface area is 116 Å². The van der Waals surface area contributed by atoms with E-state index in [0.29, 0.717) is 37.9 Å². The van der Waals surface area contributed by atoms with Crippen LogP contribution in [0.15, 0.2) is 0 Å². The van der Waals surface area contributed by atoms with Crippen LogP contribution in [-0.2, 0) is 10.2 Å². The maximum Gasteiger partial charge on any atom is 0.279 e. The van der Waals surface area contributed by atoms with E-state index in [-0.39, 0.29) is 12.0 Å². The highest BCUT2D eigenvalue weighted by atomic mass is 32.2. The van der Waals surface area contributed by atoms with E-state index in [1.165, 1.54) is 0 Å². The van der Waals surface area contributed by atoms with Crippen LogP contribution >= 0.6 is 0 Å². The van der Waals surface area contributed by atoms with Crippen molar-refractivity contribution in [1.29, 1.82) is 0 Å². The molecule has 0 radical (unpaired) electrons. The van der Waals surface area contributed by atoms with E-state index in [0.717, 1.165) is 19.3 Å². The van der Waals surface area contributed by atoms with Crippen LogP contribution < -0.4 is 4.72 Å². The zero-order valence-electron chi connectivity index (χ0n) is 11.9. The molecule has 2 fully saturated rings. The molecule has 0 amide bonds. The van der Waals surface area contributed by atoms with Crippen molar-refractivity contribution in [2.75, 3.05) is 26.2 Å². The second-order valence-electron chi connectivity index (χ2n) is 6.56. The number of aliphatic hydroxyl groups is 1. The van der Waals surface area contributed by atoms with Crippen molar-refractivity contribution in [2.45, 2.75) is 39.5 Å². The number of hydrogen-bond acceptors (Lipinski definition) is 3. The normalized spacial score (nSPS) is 31.3. The molecule has 2 aliphatic rings. The highest BCUT2D eigenvalue weighted by molar-refractivity contribution is 7.87. The van der Waals surface area contributed by atoms with E-state index in [1.807, 2.05) is 0 Å². The summed E-state index contributed by atoms with van der Waals surface area (Å²) in [5, 5.41) is 9.00. The van der Waals surface area contributed by atoms with Gasteiger partial charge in [0.2, 0.25) is 0 Å². The lowest BCUT2D eigenvalue weighted by molar-refractivity contribution is 0.218. The van der Waals surface area contributed by atoms with E-state index in [9.17, 15) is 8.42 Å². The second kappa shape index (κ2) is 5.68. The predicted octanol–water partition coefficient (Wildman–Crippen LogP) is 0.961. The lowest BCUT2D eigenvalue weighted by Gasteiger charge is -2.34. The lowest BCUT2D eigenvalue weighted by atomic mass is 9.94. The fourth-order valence-electron chi connectivity index (χ4n) is 3.07. The van der Waals surface area contributed by atoms with Gasteiger partial charge in [-0.3, -0.25) is 0 Å². The summed E-state index contributed by atoms with van der Waals surface area (Å²) in [7, 11) is -3.36. The van der Waals surface area contributed by atoms with Gasteiger partial charge in [0.25, 0.3) is 10.2 Å². The minimum absolute atomic E-state index is 0.0227. The van der Waals surface area contributed by atoms with Crippen molar-refractivity contribution in [3.63, 3.8) is 0 Å². The molecule has 2 atom stereocenters. The van der Waals surface area contributed by atoms with Gasteiger partial charge in [0.15, 0.2) is 0 Å². The average molecular weight is 290 g/mol. The molecule has 2 rings (SSSR count). The smallest absolute Gasteiger partial charge is 0.279 e. The fourth-order valence-corrected chi connectivity index (χ4v) is 4.64. The predicted molar refractivity (Wildman–Crippen MR) is 74.8 cm³/mol. The number of hydrogen-bond donors (Lipinski definition) is 2. The molecular formula is C13H26N2O3S. The molecule has 6 heteroatoms. The van der Waals surface area contributed by atoms with Gasteiger partial charge >= 0.3 is 0 Å². The fraction of sp³-hybridized carbons (Fsp3) is 1.00. The van der Waals surface area contributed by atoms with Gasteiger partial charge in [-0.25, -0.2) is 4.72 Å². The van der Waals surface area contributed by atoms with E-state index >= 15 is 0 Å². The van der Waals surface area contributed by atoms with Crippen molar-refractivity contribution in [2.24, 2.45) is 17.3 Å². The maximum atomic E-state index is 12.3. The van der Waals surface area contributed by atoms with Crippen molar-refractivity contribution in [3.05, 3.63) is 0 Å². The van der Waals surface area contributed by atoms with Crippen LogP contribution in [0.2, 0.25) is 0 Å². The molecule has 5 nitrogen and oxygen atoms in total. The molecule has 2 unspecified atom stereocenters. The number of nitrogens with zero attached hydrogens (tertiary/aromatic N) is 1. The summed E-state index contributed by atoms with van der Waals surface area (Å²) in [6.45, 7) is 6.05. The van der Waals surface area contributed by atoms with Gasteiger partial charge in [-0.1, -0.05) is 13.8 Å². The Bertz CT molecular complexity index is 396. The maximum absolute atomic E-state index is 12.3. The zero-order chi connectivity index (χ0) is 14.1. The van der Waals surface area contributed by atoms with Crippen LogP contribution in [0.1, 0.15) is 39.5 Å². The van der Waals surface area contributed by atoms with Gasteiger partial charge in [0.05, 0.1) is 0 Å². The molecule has 112 valence electrons. The molecule has 0 aromatic heterocycles. The Hall–Kier alpha value is -0.170. The highest BCUT2D eigenvalue weighted by Crippen LogP contribution is 2.48. The van der Waals surface area contributed by atoms with Crippen molar-refractivity contribution in [3.8, 4) is 0 Å². The quantitative estimate of drug-likeness (QED) is 0.765. The first-order chi connectivity index (χ1) is 8.87. The average Bonchev–Trinajstić information content (AvgIpc) is 3.06. The largest absolute Gasteiger partial charge is 0.396 e. The first-order valence-corrected chi connectivity index (χ1v) is 8.66. The Morgan fingerprint density at radius 1 is 1.26 bits per heavy atom. The number of aliphatic hydroxyl groups excluding tert-OH is 1. The Morgan fingerprint density at radius 2 is 1.84 bits per heavy atom. The Morgan fingerprint density at radius 3 is 2.32 bits per heavy atom. The minimum Gasteiger partial charge on any atom is -0.396 e. The highest BCUT2D eigenvalue weighted by Gasteiger charge is 2.43. The summed E-state index contributed by atoms with van der Waals surface area (Å²) in [5.41, 5.74) is 0.0227. The third kappa shape index (κ3) is 3.90. The monoisotopic (exact) mass is 290 g/mol. The van der Waals surface area contributed by atoms with Crippen molar-refractivity contribution >= 4 is 10.2 Å². The van der Waals surface area contributed by atoms with Gasteiger partial charge < -0.3 is 5.11 Å². The molecule has 0 bridgehead atoms. The van der Waals surface area contributed by atoms with Gasteiger partial charge in [-0.15, -0.1) is 0 Å². The molecule has 0 aromatic carbocycles. The lowest BCUT2D eigenvalue weighted by Crippen LogP contribution is -2.49. The first kappa shape index (κ1) is 15.2. The molecule has 0 aromatic rings. The van der Waals surface area contributed by atoms with Crippen molar-refractivity contribution < 1.29 is 13.5 Å². The van der Waals surface area contributed by atoms with Crippen molar-refractivity contribution in [1.82, 2.24) is 9.03 Å². The summed E-state index contributed by atoms with van der Waals surface area (Å²) < 4.78 is 28.9. The van der Waals surface area contributed by atoms with Crippen LogP contribution in [-0.4, -0.2) is 44.1 Å². The molecule has 0 spiro atoms. The van der Waals surface area contributed by atoms with Crippen LogP contribution in [0.4, 0.5) is 0 Å². The molecule has 2 N–H and O–H groups in total. The van der Waals surface area contributed by atoms with Gasteiger partial charge in [-0.05, 0) is 42.9 Å². The second-order valence-corrected chi connectivity index (χ2v) is 8.32. The first-order valence-electron chi connectivity index (χ1n) is 7.22. The molecule has 1 saturated carbocycles. The summed E-state index contributed by atoms with van der Waals surface area (Å²) in [6, 6.07) is 0. The third-order valence-electron chi connectivity index (χ3n) is 4.40. The SMILES string of the molecule is CC1CC(C)CN(S(=O)(=O)NCC2(CCO)CC2)C1. The topological polar surface area (TPSA) is 69.6 Å². The van der Waals surface area contributed by atoms with E-state index < -0.39 is 10.2 Å². The summed E-state index contributed by atoms with van der Waals surface area (Å²) in [6.07, 6.45) is 3.83.